The molecule has 106 valence electrons. The van der Waals surface area contributed by atoms with Gasteiger partial charge < -0.3 is 19.9 Å². The number of hydrogen-bond donors (Lipinski definition) is 2. The van der Waals surface area contributed by atoms with E-state index in [1.54, 1.807) is 27.7 Å². The molecular formula is C12H19N3O4. The number of hydrogen-bond acceptors (Lipinski definition) is 5. The van der Waals surface area contributed by atoms with Crippen molar-refractivity contribution in [1.82, 2.24) is 15.8 Å². The molecule has 1 aromatic rings. The molecule has 0 spiro atoms. The van der Waals surface area contributed by atoms with Gasteiger partial charge >= 0.3 is 6.09 Å². The largest absolute Gasteiger partial charge is 0.444 e. The highest BCUT2D eigenvalue weighted by Gasteiger charge is 2.15. The number of amides is 2. The molecule has 2 amide bonds. The molecule has 0 bridgehead atoms. The van der Waals surface area contributed by atoms with Crippen LogP contribution >= 0.6 is 0 Å². The Balaban J connectivity index is 2.21. The fourth-order valence-electron chi connectivity index (χ4n) is 1.22. The van der Waals surface area contributed by atoms with Crippen LogP contribution in [0.25, 0.3) is 0 Å². The number of aromatic nitrogens is 1. The first-order chi connectivity index (χ1) is 8.78. The third-order valence-electron chi connectivity index (χ3n) is 1.94. The maximum atomic E-state index is 11.6. The molecule has 0 aliphatic carbocycles. The van der Waals surface area contributed by atoms with E-state index in [1.165, 1.54) is 6.07 Å². The van der Waals surface area contributed by atoms with Gasteiger partial charge in [0.2, 0.25) is 0 Å². The molecule has 0 unspecified atom stereocenters. The van der Waals surface area contributed by atoms with Crippen LogP contribution in [-0.2, 0) is 4.74 Å². The van der Waals surface area contributed by atoms with E-state index < -0.39 is 11.7 Å². The highest BCUT2D eigenvalue weighted by Crippen LogP contribution is 2.06. The first-order valence-electron chi connectivity index (χ1n) is 5.96. The van der Waals surface area contributed by atoms with Gasteiger partial charge in [-0.15, -0.1) is 0 Å². The lowest BCUT2D eigenvalue weighted by Crippen LogP contribution is -2.37. The van der Waals surface area contributed by atoms with Crippen LogP contribution in [0, 0.1) is 6.92 Å². The molecule has 1 rings (SSSR count). The zero-order valence-corrected chi connectivity index (χ0v) is 11.6. The van der Waals surface area contributed by atoms with Crippen LogP contribution in [0.5, 0.6) is 0 Å². The molecule has 2 N–H and O–H groups in total. The minimum atomic E-state index is -0.536. The highest BCUT2D eigenvalue weighted by molar-refractivity contribution is 5.92. The van der Waals surface area contributed by atoms with Gasteiger partial charge in [0.15, 0.2) is 5.69 Å². The van der Waals surface area contributed by atoms with E-state index >= 15 is 0 Å². The molecule has 7 nitrogen and oxygen atoms in total. The lowest BCUT2D eigenvalue weighted by Gasteiger charge is -2.19. The second-order valence-corrected chi connectivity index (χ2v) is 5.01. The molecule has 0 fully saturated rings. The van der Waals surface area contributed by atoms with Gasteiger partial charge in [-0.1, -0.05) is 5.16 Å². The van der Waals surface area contributed by atoms with Crippen LogP contribution in [0.2, 0.25) is 0 Å². The molecule has 0 radical (unpaired) electrons. The number of nitrogens with one attached hydrogen (secondary N) is 2. The van der Waals surface area contributed by atoms with Crippen molar-refractivity contribution in [2.75, 3.05) is 13.1 Å². The van der Waals surface area contributed by atoms with Crippen molar-refractivity contribution in [2.24, 2.45) is 0 Å². The summed E-state index contributed by atoms with van der Waals surface area (Å²) in [6.07, 6.45) is -0.515. The first-order valence-corrected chi connectivity index (χ1v) is 5.96. The summed E-state index contributed by atoms with van der Waals surface area (Å²) in [5, 5.41) is 8.71. The molecule has 1 heterocycles. The Morgan fingerprint density at radius 3 is 2.47 bits per heavy atom. The van der Waals surface area contributed by atoms with E-state index in [0.29, 0.717) is 5.76 Å². The second kappa shape index (κ2) is 6.21. The SMILES string of the molecule is Cc1cc(C(=O)NCCNC(=O)OC(C)(C)C)no1. The van der Waals surface area contributed by atoms with Crippen molar-refractivity contribution < 1.29 is 18.8 Å². The molecule has 0 atom stereocenters. The normalized spacial score (nSPS) is 10.9. The standard InChI is InChI=1S/C12H19N3O4/c1-8-7-9(15-19-8)10(16)13-5-6-14-11(17)18-12(2,3)4/h7H,5-6H2,1-4H3,(H,13,16)(H,14,17). The lowest BCUT2D eigenvalue weighted by atomic mass is 10.2. The van der Waals surface area contributed by atoms with Gasteiger partial charge in [0.25, 0.3) is 5.91 Å². The van der Waals surface area contributed by atoms with Crippen molar-refractivity contribution in [2.45, 2.75) is 33.3 Å². The number of alkyl carbamates (subject to hydrolysis) is 1. The number of carbonyl (C=O) groups excluding carboxylic acids is 2. The molecule has 1 aromatic heterocycles. The summed E-state index contributed by atoms with van der Waals surface area (Å²) in [6, 6.07) is 1.54. The highest BCUT2D eigenvalue weighted by atomic mass is 16.6. The van der Waals surface area contributed by atoms with Gasteiger partial charge in [0.05, 0.1) is 0 Å². The molecule has 0 aliphatic rings. The van der Waals surface area contributed by atoms with Crippen molar-refractivity contribution in [3.8, 4) is 0 Å². The first kappa shape index (κ1) is 15.0. The van der Waals surface area contributed by atoms with Crippen molar-refractivity contribution in [3.63, 3.8) is 0 Å². The van der Waals surface area contributed by atoms with Gasteiger partial charge in [-0.2, -0.15) is 0 Å². The van der Waals surface area contributed by atoms with Crippen LogP contribution in [0.3, 0.4) is 0 Å². The fraction of sp³-hybridized carbons (Fsp3) is 0.583. The van der Waals surface area contributed by atoms with E-state index in [9.17, 15) is 9.59 Å². The summed E-state index contributed by atoms with van der Waals surface area (Å²) in [4.78, 5) is 22.9. The van der Waals surface area contributed by atoms with Crippen LogP contribution in [-0.4, -0.2) is 35.8 Å². The van der Waals surface area contributed by atoms with Crippen molar-refractivity contribution in [1.29, 1.82) is 0 Å². The maximum Gasteiger partial charge on any atom is 0.407 e. The Kier molecular flexibility index (Phi) is 4.91. The van der Waals surface area contributed by atoms with Crippen LogP contribution < -0.4 is 10.6 Å². The topological polar surface area (TPSA) is 93.5 Å². The fourth-order valence-corrected chi connectivity index (χ4v) is 1.22. The van der Waals surface area contributed by atoms with Crippen LogP contribution in [0.15, 0.2) is 10.6 Å². The second-order valence-electron chi connectivity index (χ2n) is 5.01. The lowest BCUT2D eigenvalue weighted by molar-refractivity contribution is 0.0526. The molecule has 0 saturated carbocycles. The predicted octanol–water partition coefficient (Wildman–Crippen LogP) is 1.24. The average Bonchev–Trinajstić information content (AvgIpc) is 2.68. The summed E-state index contributed by atoms with van der Waals surface area (Å²) in [5.74, 6) is 0.222. The van der Waals surface area contributed by atoms with Gasteiger partial charge in [-0.25, -0.2) is 4.79 Å². The monoisotopic (exact) mass is 269 g/mol. The number of aryl methyl sites for hydroxylation is 1. The van der Waals surface area contributed by atoms with Crippen molar-refractivity contribution in [3.05, 3.63) is 17.5 Å². The Bertz CT molecular complexity index is 448. The van der Waals surface area contributed by atoms with E-state index in [0.717, 1.165) is 0 Å². The Morgan fingerprint density at radius 1 is 1.32 bits per heavy atom. The van der Waals surface area contributed by atoms with Crippen LogP contribution in [0.4, 0.5) is 4.79 Å². The van der Waals surface area contributed by atoms with Crippen LogP contribution in [0.1, 0.15) is 37.0 Å². The summed E-state index contributed by atoms with van der Waals surface area (Å²) in [7, 11) is 0. The number of rotatable bonds is 4. The quantitative estimate of drug-likeness (QED) is 0.802. The Hall–Kier alpha value is -2.05. The molecule has 19 heavy (non-hydrogen) atoms. The zero-order valence-electron chi connectivity index (χ0n) is 11.6. The Morgan fingerprint density at radius 2 is 1.95 bits per heavy atom. The van der Waals surface area contributed by atoms with E-state index in [4.69, 9.17) is 9.26 Å². The zero-order chi connectivity index (χ0) is 14.5. The molecule has 7 heteroatoms. The number of nitrogens with zero attached hydrogens (tertiary/aromatic N) is 1. The molecule has 0 aliphatic heterocycles. The molecular weight excluding hydrogens is 250 g/mol. The summed E-state index contributed by atoms with van der Waals surface area (Å²) in [5.41, 5.74) is -0.319. The van der Waals surface area contributed by atoms with Gasteiger partial charge in [0, 0.05) is 19.2 Å². The summed E-state index contributed by atoms with van der Waals surface area (Å²) >= 11 is 0. The minimum absolute atomic E-state index is 0.217. The molecule has 0 aromatic carbocycles. The third-order valence-corrected chi connectivity index (χ3v) is 1.94. The maximum absolute atomic E-state index is 11.6. The number of carbonyl (C=O) groups is 2. The van der Waals surface area contributed by atoms with Gasteiger partial charge in [-0.3, -0.25) is 4.79 Å². The van der Waals surface area contributed by atoms with Crippen molar-refractivity contribution >= 4 is 12.0 Å². The Labute approximate surface area is 111 Å². The predicted molar refractivity (Wildman–Crippen MR) is 67.8 cm³/mol. The third kappa shape index (κ3) is 5.89. The van der Waals surface area contributed by atoms with Gasteiger partial charge in [-0.05, 0) is 27.7 Å². The summed E-state index contributed by atoms with van der Waals surface area (Å²) in [6.45, 7) is 7.60. The summed E-state index contributed by atoms with van der Waals surface area (Å²) < 4.78 is 9.83. The minimum Gasteiger partial charge on any atom is -0.444 e. The van der Waals surface area contributed by atoms with E-state index in [1.807, 2.05) is 0 Å². The molecule has 0 saturated heterocycles. The number of ether oxygens (including phenoxy) is 1. The van der Waals surface area contributed by atoms with E-state index in [-0.39, 0.29) is 24.7 Å². The van der Waals surface area contributed by atoms with Gasteiger partial charge in [0.1, 0.15) is 11.4 Å². The smallest absolute Gasteiger partial charge is 0.407 e. The average molecular weight is 269 g/mol. The van der Waals surface area contributed by atoms with E-state index in [2.05, 4.69) is 15.8 Å².